The number of aryl methyl sites for hydroxylation is 1. The molecule has 2 rings (SSSR count). The maximum atomic E-state index is 13.6. The van der Waals surface area contributed by atoms with Crippen LogP contribution in [0.15, 0.2) is 28.7 Å². The number of thiophene rings is 1. The highest BCUT2D eigenvalue weighted by molar-refractivity contribution is 9.10. The highest BCUT2D eigenvalue weighted by atomic mass is 79.9. The molecular formula is C12H10BrF2NS. The van der Waals surface area contributed by atoms with Crippen LogP contribution in [-0.4, -0.2) is 0 Å². The zero-order valence-electron chi connectivity index (χ0n) is 9.01. The summed E-state index contributed by atoms with van der Waals surface area (Å²) < 4.78 is 27.6. The maximum absolute atomic E-state index is 13.6. The monoisotopic (exact) mass is 317 g/mol. The summed E-state index contributed by atoms with van der Waals surface area (Å²) in [5.41, 5.74) is 6.15. The molecule has 0 bridgehead atoms. The van der Waals surface area contributed by atoms with Gasteiger partial charge < -0.3 is 5.73 Å². The summed E-state index contributed by atoms with van der Waals surface area (Å²) in [6.45, 7) is 1.94. The molecule has 0 fully saturated rings. The molecule has 1 heterocycles. The van der Waals surface area contributed by atoms with Crippen LogP contribution in [0.4, 0.5) is 8.78 Å². The summed E-state index contributed by atoms with van der Waals surface area (Å²) in [7, 11) is 0. The van der Waals surface area contributed by atoms with Gasteiger partial charge in [-0.2, -0.15) is 0 Å². The summed E-state index contributed by atoms with van der Waals surface area (Å²) in [6.07, 6.45) is 0. The van der Waals surface area contributed by atoms with E-state index in [4.69, 9.17) is 5.73 Å². The van der Waals surface area contributed by atoms with Gasteiger partial charge in [-0.3, -0.25) is 0 Å². The van der Waals surface area contributed by atoms with E-state index in [1.165, 1.54) is 23.5 Å². The Morgan fingerprint density at radius 3 is 2.65 bits per heavy atom. The first-order valence-electron chi connectivity index (χ1n) is 4.96. The van der Waals surface area contributed by atoms with Crippen molar-refractivity contribution in [2.45, 2.75) is 13.0 Å². The Bertz CT molecular complexity index is 553. The molecule has 2 N–H and O–H groups in total. The minimum atomic E-state index is -0.877. The van der Waals surface area contributed by atoms with Gasteiger partial charge in [0.05, 0.1) is 6.04 Å². The zero-order chi connectivity index (χ0) is 12.6. The summed E-state index contributed by atoms with van der Waals surface area (Å²) in [4.78, 5) is 1.87. The Morgan fingerprint density at radius 1 is 1.35 bits per heavy atom. The number of nitrogens with two attached hydrogens (primary N) is 1. The van der Waals surface area contributed by atoms with Crippen LogP contribution < -0.4 is 5.73 Å². The molecule has 5 heteroatoms. The number of benzene rings is 1. The molecule has 0 aliphatic heterocycles. The molecule has 1 aromatic heterocycles. The third-order valence-corrected chi connectivity index (χ3v) is 4.49. The lowest BCUT2D eigenvalue weighted by molar-refractivity contribution is 0.495. The highest BCUT2D eigenvalue weighted by Gasteiger charge is 2.20. The van der Waals surface area contributed by atoms with Crippen LogP contribution in [0.25, 0.3) is 0 Å². The third kappa shape index (κ3) is 2.41. The lowest BCUT2D eigenvalue weighted by Gasteiger charge is -2.12. The van der Waals surface area contributed by atoms with Gasteiger partial charge in [0, 0.05) is 19.8 Å². The van der Waals surface area contributed by atoms with Crippen molar-refractivity contribution in [3.63, 3.8) is 0 Å². The van der Waals surface area contributed by atoms with Crippen LogP contribution in [0.2, 0.25) is 0 Å². The first-order valence-corrected chi connectivity index (χ1v) is 6.57. The molecule has 0 aliphatic rings. The van der Waals surface area contributed by atoms with Crippen molar-refractivity contribution in [1.29, 1.82) is 0 Å². The molecule has 17 heavy (non-hydrogen) atoms. The predicted molar refractivity (Wildman–Crippen MR) is 69.1 cm³/mol. The average Bonchev–Trinajstić information content (AvgIpc) is 2.61. The quantitative estimate of drug-likeness (QED) is 0.884. The largest absolute Gasteiger partial charge is 0.319 e. The van der Waals surface area contributed by atoms with Crippen molar-refractivity contribution in [1.82, 2.24) is 0 Å². The van der Waals surface area contributed by atoms with E-state index >= 15 is 0 Å². The van der Waals surface area contributed by atoms with Gasteiger partial charge in [-0.1, -0.05) is 12.1 Å². The SMILES string of the molecule is Cc1cc(Br)c(C(N)c2cccc(F)c2F)s1. The van der Waals surface area contributed by atoms with E-state index in [0.717, 1.165) is 20.3 Å². The second-order valence-electron chi connectivity index (χ2n) is 3.69. The molecule has 1 nitrogen and oxygen atoms in total. The topological polar surface area (TPSA) is 26.0 Å². The van der Waals surface area contributed by atoms with Gasteiger partial charge in [0.25, 0.3) is 0 Å². The van der Waals surface area contributed by atoms with E-state index in [0.29, 0.717) is 0 Å². The third-order valence-electron chi connectivity index (χ3n) is 2.44. The van der Waals surface area contributed by atoms with Gasteiger partial charge in [0.2, 0.25) is 0 Å². The van der Waals surface area contributed by atoms with Gasteiger partial charge in [-0.25, -0.2) is 8.78 Å². The van der Waals surface area contributed by atoms with Gasteiger partial charge in [-0.05, 0) is 35.0 Å². The standard InChI is InChI=1S/C12H10BrF2NS/c1-6-5-8(13)12(17-6)11(16)7-3-2-4-9(14)10(7)15/h2-5,11H,16H2,1H3. The molecule has 2 aromatic rings. The molecular weight excluding hydrogens is 308 g/mol. The van der Waals surface area contributed by atoms with Crippen molar-refractivity contribution < 1.29 is 8.78 Å². The lowest BCUT2D eigenvalue weighted by atomic mass is 10.1. The molecule has 90 valence electrons. The van der Waals surface area contributed by atoms with E-state index in [1.54, 1.807) is 0 Å². The van der Waals surface area contributed by atoms with E-state index < -0.39 is 17.7 Å². The Balaban J connectivity index is 2.47. The van der Waals surface area contributed by atoms with Crippen LogP contribution in [0.1, 0.15) is 21.4 Å². The molecule has 0 spiro atoms. The number of rotatable bonds is 2. The van der Waals surface area contributed by atoms with Crippen LogP contribution in [-0.2, 0) is 0 Å². The molecule has 0 saturated heterocycles. The molecule has 0 amide bonds. The van der Waals surface area contributed by atoms with Crippen LogP contribution >= 0.6 is 27.3 Å². The minimum Gasteiger partial charge on any atom is -0.319 e. The van der Waals surface area contributed by atoms with E-state index in [1.807, 2.05) is 13.0 Å². The molecule has 0 saturated carbocycles. The second kappa shape index (κ2) is 4.84. The molecule has 0 aliphatic carbocycles. The van der Waals surface area contributed by atoms with Gasteiger partial charge in [0.15, 0.2) is 11.6 Å². The molecule has 1 atom stereocenters. The average molecular weight is 318 g/mol. The molecule has 1 unspecified atom stereocenters. The van der Waals surface area contributed by atoms with Crippen molar-refractivity contribution in [3.8, 4) is 0 Å². The van der Waals surface area contributed by atoms with Crippen LogP contribution in [0.5, 0.6) is 0 Å². The first-order chi connectivity index (χ1) is 8.00. The van der Waals surface area contributed by atoms with Crippen molar-refractivity contribution in [2.75, 3.05) is 0 Å². The van der Waals surface area contributed by atoms with Crippen molar-refractivity contribution >= 4 is 27.3 Å². The number of halogens is 3. The van der Waals surface area contributed by atoms with Gasteiger partial charge in [-0.15, -0.1) is 11.3 Å². The first kappa shape index (κ1) is 12.7. The lowest BCUT2D eigenvalue weighted by Crippen LogP contribution is -2.13. The summed E-state index contributed by atoms with van der Waals surface area (Å²) in [5.74, 6) is -1.75. The van der Waals surface area contributed by atoms with Crippen LogP contribution in [0.3, 0.4) is 0 Å². The summed E-state index contributed by atoms with van der Waals surface area (Å²) in [6, 6.07) is 5.31. The van der Waals surface area contributed by atoms with Crippen molar-refractivity contribution in [2.24, 2.45) is 5.73 Å². The fourth-order valence-corrected chi connectivity index (χ4v) is 3.53. The minimum absolute atomic E-state index is 0.174. The van der Waals surface area contributed by atoms with E-state index in [9.17, 15) is 8.78 Å². The Labute approximate surface area is 110 Å². The maximum Gasteiger partial charge on any atom is 0.163 e. The predicted octanol–water partition coefficient (Wildman–Crippen LogP) is 4.15. The normalized spacial score (nSPS) is 12.8. The van der Waals surface area contributed by atoms with E-state index in [2.05, 4.69) is 15.9 Å². The molecule has 0 radical (unpaired) electrons. The zero-order valence-corrected chi connectivity index (χ0v) is 11.4. The smallest absolute Gasteiger partial charge is 0.163 e. The number of hydrogen-bond acceptors (Lipinski definition) is 2. The van der Waals surface area contributed by atoms with Gasteiger partial charge in [0.1, 0.15) is 0 Å². The summed E-state index contributed by atoms with van der Waals surface area (Å²) >= 11 is 4.84. The van der Waals surface area contributed by atoms with Crippen LogP contribution in [0, 0.1) is 18.6 Å². The Hall–Kier alpha value is -0.780. The fourth-order valence-electron chi connectivity index (χ4n) is 1.62. The van der Waals surface area contributed by atoms with E-state index in [-0.39, 0.29) is 5.56 Å². The number of hydrogen-bond donors (Lipinski definition) is 1. The molecule has 1 aromatic carbocycles. The van der Waals surface area contributed by atoms with Gasteiger partial charge >= 0.3 is 0 Å². The highest BCUT2D eigenvalue weighted by Crippen LogP contribution is 2.35. The Kier molecular flexibility index (Phi) is 3.61. The second-order valence-corrected chi connectivity index (χ2v) is 5.83. The Morgan fingerprint density at radius 2 is 2.06 bits per heavy atom. The fraction of sp³-hybridized carbons (Fsp3) is 0.167. The van der Waals surface area contributed by atoms with Crippen molar-refractivity contribution in [3.05, 3.63) is 55.7 Å². The summed E-state index contributed by atoms with van der Waals surface area (Å²) in [5, 5.41) is 0.